The topological polar surface area (TPSA) is 29.9 Å². The molecule has 1 heterocycles. The highest BCUT2D eigenvalue weighted by Crippen LogP contribution is 2.25. The molecule has 0 aliphatic heterocycles. The van der Waals surface area contributed by atoms with Gasteiger partial charge >= 0.3 is 0 Å². The Labute approximate surface area is 114 Å². The van der Waals surface area contributed by atoms with Crippen molar-refractivity contribution >= 4 is 27.5 Å². The van der Waals surface area contributed by atoms with Gasteiger partial charge in [0.2, 0.25) is 0 Å². The molecule has 2 rings (SSSR count). The van der Waals surface area contributed by atoms with Crippen molar-refractivity contribution in [1.29, 1.82) is 0 Å². The number of hydrogen-bond donors (Lipinski definition) is 1. The number of rotatable bonds is 4. The Morgan fingerprint density at radius 2 is 2.29 bits per heavy atom. The Hall–Kier alpha value is -0.840. The van der Waals surface area contributed by atoms with Gasteiger partial charge in [0.05, 0.1) is 21.4 Å². The molecule has 0 fully saturated rings. The molecule has 0 aliphatic rings. The van der Waals surface area contributed by atoms with Crippen molar-refractivity contribution in [2.45, 2.75) is 13.5 Å². The van der Waals surface area contributed by atoms with Crippen LogP contribution in [0.2, 0.25) is 5.02 Å². The highest BCUT2D eigenvalue weighted by Gasteiger charge is 2.09. The van der Waals surface area contributed by atoms with Crippen molar-refractivity contribution in [2.24, 2.45) is 0 Å². The van der Waals surface area contributed by atoms with E-state index >= 15 is 0 Å². The molecule has 1 aromatic heterocycles. The van der Waals surface area contributed by atoms with E-state index in [0.717, 1.165) is 28.8 Å². The van der Waals surface area contributed by atoms with E-state index in [0.29, 0.717) is 5.02 Å². The average molecular weight is 315 g/mol. The highest BCUT2D eigenvalue weighted by molar-refractivity contribution is 9.10. The normalized spacial score (nSPS) is 10.8. The van der Waals surface area contributed by atoms with Crippen LogP contribution in [0.3, 0.4) is 0 Å². The zero-order valence-electron chi connectivity index (χ0n) is 9.45. The van der Waals surface area contributed by atoms with Gasteiger partial charge in [-0.15, -0.1) is 0 Å². The summed E-state index contributed by atoms with van der Waals surface area (Å²) >= 11 is 9.64. The van der Waals surface area contributed by atoms with Gasteiger partial charge in [0.15, 0.2) is 0 Å². The molecular formula is C12H13BrClN3. The summed E-state index contributed by atoms with van der Waals surface area (Å²) in [7, 11) is 0. The van der Waals surface area contributed by atoms with Gasteiger partial charge in [-0.2, -0.15) is 5.10 Å². The zero-order chi connectivity index (χ0) is 12.3. The molecule has 0 bridgehead atoms. The van der Waals surface area contributed by atoms with Crippen molar-refractivity contribution in [3.8, 4) is 5.69 Å². The summed E-state index contributed by atoms with van der Waals surface area (Å²) in [5.74, 6) is 0. The molecule has 1 N–H and O–H groups in total. The van der Waals surface area contributed by atoms with E-state index in [2.05, 4.69) is 39.3 Å². The number of halogens is 2. The maximum Gasteiger partial charge on any atom is 0.0877 e. The predicted molar refractivity (Wildman–Crippen MR) is 73.7 cm³/mol. The molecule has 3 nitrogen and oxygen atoms in total. The number of nitrogens with zero attached hydrogens (tertiary/aromatic N) is 2. The number of hydrogen-bond acceptors (Lipinski definition) is 2. The van der Waals surface area contributed by atoms with E-state index in [9.17, 15) is 0 Å². The second-order valence-electron chi connectivity index (χ2n) is 3.63. The van der Waals surface area contributed by atoms with Crippen LogP contribution in [0, 0.1) is 0 Å². The quantitative estimate of drug-likeness (QED) is 0.937. The van der Waals surface area contributed by atoms with Crippen molar-refractivity contribution in [1.82, 2.24) is 15.1 Å². The first-order valence-corrected chi connectivity index (χ1v) is 6.58. The highest BCUT2D eigenvalue weighted by atomic mass is 79.9. The van der Waals surface area contributed by atoms with E-state index in [1.165, 1.54) is 0 Å². The van der Waals surface area contributed by atoms with Crippen molar-refractivity contribution in [3.05, 3.63) is 45.7 Å². The minimum absolute atomic E-state index is 0.705. The van der Waals surface area contributed by atoms with Crippen LogP contribution < -0.4 is 5.32 Å². The summed E-state index contributed by atoms with van der Waals surface area (Å²) in [6.07, 6.45) is 3.65. The third-order valence-corrected chi connectivity index (χ3v) is 3.13. The molecular weight excluding hydrogens is 302 g/mol. The molecule has 0 saturated carbocycles. The van der Waals surface area contributed by atoms with E-state index in [1.54, 1.807) is 10.9 Å². The Balaban J connectivity index is 2.43. The molecule has 90 valence electrons. The lowest BCUT2D eigenvalue weighted by Crippen LogP contribution is -2.14. The molecule has 5 heteroatoms. The van der Waals surface area contributed by atoms with Gasteiger partial charge in [-0.05, 0) is 34.1 Å². The Morgan fingerprint density at radius 3 is 2.94 bits per heavy atom. The molecule has 1 aromatic carbocycles. The van der Waals surface area contributed by atoms with Gasteiger partial charge in [-0.1, -0.05) is 30.7 Å². The van der Waals surface area contributed by atoms with E-state index in [4.69, 9.17) is 11.6 Å². The number of benzene rings is 1. The minimum Gasteiger partial charge on any atom is -0.313 e. The van der Waals surface area contributed by atoms with E-state index in [1.807, 2.05) is 18.3 Å². The molecule has 0 aliphatic carbocycles. The van der Waals surface area contributed by atoms with Gasteiger partial charge in [-0.25, -0.2) is 4.68 Å². The smallest absolute Gasteiger partial charge is 0.0877 e. The van der Waals surface area contributed by atoms with Crippen LogP contribution in [0.5, 0.6) is 0 Å². The van der Waals surface area contributed by atoms with Crippen LogP contribution in [-0.4, -0.2) is 16.3 Å². The number of aromatic nitrogens is 2. The van der Waals surface area contributed by atoms with Crippen LogP contribution in [-0.2, 0) is 6.54 Å². The van der Waals surface area contributed by atoms with Crippen molar-refractivity contribution in [2.75, 3.05) is 6.54 Å². The predicted octanol–water partition coefficient (Wildman–Crippen LogP) is 3.40. The molecule has 2 aromatic rings. The summed E-state index contributed by atoms with van der Waals surface area (Å²) in [4.78, 5) is 0. The molecule has 0 radical (unpaired) electrons. The Bertz CT molecular complexity index is 510. The first-order valence-electron chi connectivity index (χ1n) is 5.41. The van der Waals surface area contributed by atoms with Crippen LogP contribution in [0.1, 0.15) is 12.5 Å². The third kappa shape index (κ3) is 2.89. The SMILES string of the molecule is CCNCc1cccc(Cl)c1-n1cc(Br)cn1. The summed E-state index contributed by atoms with van der Waals surface area (Å²) in [5, 5.41) is 8.28. The monoisotopic (exact) mass is 313 g/mol. The molecule has 0 amide bonds. The summed E-state index contributed by atoms with van der Waals surface area (Å²) in [6.45, 7) is 3.79. The summed E-state index contributed by atoms with van der Waals surface area (Å²) in [6, 6.07) is 5.89. The Kier molecular flexibility index (Phi) is 4.20. The van der Waals surface area contributed by atoms with E-state index in [-0.39, 0.29) is 0 Å². The number of nitrogens with one attached hydrogen (secondary N) is 1. The lowest BCUT2D eigenvalue weighted by molar-refractivity contribution is 0.717. The fourth-order valence-electron chi connectivity index (χ4n) is 1.64. The summed E-state index contributed by atoms with van der Waals surface area (Å²) < 4.78 is 2.73. The molecule has 17 heavy (non-hydrogen) atoms. The molecule has 0 spiro atoms. The van der Waals surface area contributed by atoms with Gasteiger partial charge in [0, 0.05) is 12.7 Å². The van der Waals surface area contributed by atoms with Crippen LogP contribution >= 0.6 is 27.5 Å². The maximum atomic E-state index is 6.25. The molecule has 0 atom stereocenters. The largest absolute Gasteiger partial charge is 0.313 e. The minimum atomic E-state index is 0.705. The van der Waals surface area contributed by atoms with Crippen LogP contribution in [0.4, 0.5) is 0 Å². The van der Waals surface area contributed by atoms with E-state index < -0.39 is 0 Å². The zero-order valence-corrected chi connectivity index (χ0v) is 11.8. The lowest BCUT2D eigenvalue weighted by Gasteiger charge is -2.11. The lowest BCUT2D eigenvalue weighted by atomic mass is 10.1. The van der Waals surface area contributed by atoms with Gasteiger partial charge in [0.25, 0.3) is 0 Å². The third-order valence-electron chi connectivity index (χ3n) is 2.42. The van der Waals surface area contributed by atoms with Gasteiger partial charge in [-0.3, -0.25) is 0 Å². The van der Waals surface area contributed by atoms with Crippen molar-refractivity contribution < 1.29 is 0 Å². The fraction of sp³-hybridized carbons (Fsp3) is 0.250. The van der Waals surface area contributed by atoms with Crippen LogP contribution in [0.25, 0.3) is 5.69 Å². The average Bonchev–Trinajstić information content (AvgIpc) is 2.73. The second kappa shape index (κ2) is 5.67. The maximum absolute atomic E-state index is 6.25. The summed E-state index contributed by atoms with van der Waals surface area (Å²) in [5.41, 5.74) is 2.07. The van der Waals surface area contributed by atoms with Gasteiger partial charge in [0.1, 0.15) is 0 Å². The van der Waals surface area contributed by atoms with Crippen LogP contribution in [0.15, 0.2) is 35.1 Å². The first kappa shape index (κ1) is 12.6. The molecule has 0 saturated heterocycles. The van der Waals surface area contributed by atoms with Gasteiger partial charge < -0.3 is 5.32 Å². The Morgan fingerprint density at radius 1 is 1.47 bits per heavy atom. The second-order valence-corrected chi connectivity index (χ2v) is 4.95. The first-order chi connectivity index (χ1) is 8.22. The molecule has 0 unspecified atom stereocenters. The van der Waals surface area contributed by atoms with Crippen molar-refractivity contribution in [3.63, 3.8) is 0 Å². The number of para-hydroxylation sites is 1. The standard InChI is InChI=1S/C12H13BrClN3/c1-2-15-6-9-4-3-5-11(14)12(9)17-8-10(13)7-16-17/h3-5,7-8,15H,2,6H2,1H3. The fourth-order valence-corrected chi connectivity index (χ4v) is 2.21.